The molecule has 0 saturated carbocycles. The van der Waals surface area contributed by atoms with Gasteiger partial charge in [0, 0.05) is 5.56 Å². The molecule has 7 heteroatoms. The maximum atomic E-state index is 12.9. The lowest BCUT2D eigenvalue weighted by Gasteiger charge is -2.30. The van der Waals surface area contributed by atoms with Crippen molar-refractivity contribution in [3.8, 4) is 11.5 Å². The Morgan fingerprint density at radius 1 is 1.11 bits per heavy atom. The number of rotatable bonds is 5. The normalized spacial score (nSPS) is 16.5. The molecule has 2 aromatic carbocycles. The molecule has 1 atom stereocenters. The lowest BCUT2D eigenvalue weighted by molar-refractivity contribution is -0.114. The monoisotopic (exact) mass is 387 g/mol. The van der Waals surface area contributed by atoms with Crippen LogP contribution in [0.2, 0.25) is 0 Å². The number of methoxy groups -OCH3 is 1. The highest BCUT2D eigenvalue weighted by Crippen LogP contribution is 2.43. The summed E-state index contributed by atoms with van der Waals surface area (Å²) in [6, 6.07) is 10.8. The predicted molar refractivity (Wildman–Crippen MR) is 101 cm³/mol. The van der Waals surface area contributed by atoms with E-state index in [-0.39, 0.29) is 16.3 Å². The number of fused-ring (bicyclic) bond motifs is 1. The molecule has 1 aliphatic rings. The number of hydrogen-bond donors (Lipinski definition) is 1. The summed E-state index contributed by atoms with van der Waals surface area (Å²) in [7, 11) is -2.36. The summed E-state index contributed by atoms with van der Waals surface area (Å²) in [5.74, 6) is 0.946. The van der Waals surface area contributed by atoms with Gasteiger partial charge in [-0.1, -0.05) is 29.8 Å². The van der Waals surface area contributed by atoms with Crippen molar-refractivity contribution in [2.45, 2.75) is 31.7 Å². The minimum Gasteiger partial charge on any atom is -0.493 e. The van der Waals surface area contributed by atoms with Gasteiger partial charge in [0.25, 0.3) is 0 Å². The van der Waals surface area contributed by atoms with E-state index in [9.17, 15) is 13.2 Å². The van der Waals surface area contributed by atoms with Crippen LogP contribution < -0.4 is 14.2 Å². The second-order valence-corrected chi connectivity index (χ2v) is 8.09. The molecule has 3 rings (SSSR count). The molecular formula is C20H21NO5S. The lowest BCUT2D eigenvalue weighted by atomic mass is 9.93. The average molecular weight is 387 g/mol. The molecule has 142 valence electrons. The third-order valence-electron chi connectivity index (χ3n) is 4.45. The van der Waals surface area contributed by atoms with E-state index in [0.29, 0.717) is 22.8 Å². The highest BCUT2D eigenvalue weighted by Gasteiger charge is 2.35. The fraction of sp³-hybridized carbons (Fsp3) is 0.250. The van der Waals surface area contributed by atoms with Gasteiger partial charge in [0.1, 0.15) is 5.76 Å². The smallest absolute Gasteiger partial charge is 0.241 e. The van der Waals surface area contributed by atoms with Gasteiger partial charge in [-0.25, -0.2) is 8.42 Å². The van der Waals surface area contributed by atoms with Crippen molar-refractivity contribution in [3.63, 3.8) is 0 Å². The van der Waals surface area contributed by atoms with Gasteiger partial charge in [0.05, 0.1) is 23.6 Å². The van der Waals surface area contributed by atoms with Crippen LogP contribution in [0, 0.1) is 6.92 Å². The average Bonchev–Trinajstić information content (AvgIpc) is 2.61. The van der Waals surface area contributed by atoms with Gasteiger partial charge in [0.2, 0.25) is 10.0 Å². The van der Waals surface area contributed by atoms with Gasteiger partial charge in [-0.15, -0.1) is 0 Å². The summed E-state index contributed by atoms with van der Waals surface area (Å²) in [6.07, 6.45) is 0. The molecule has 0 spiro atoms. The first-order valence-corrected chi connectivity index (χ1v) is 9.88. The van der Waals surface area contributed by atoms with Gasteiger partial charge in [-0.05, 0) is 39.0 Å². The van der Waals surface area contributed by atoms with Gasteiger partial charge in [-0.3, -0.25) is 4.79 Å². The van der Waals surface area contributed by atoms with Gasteiger partial charge in [-0.2, -0.15) is 4.72 Å². The Labute approximate surface area is 158 Å². The molecular weight excluding hydrogens is 366 g/mol. The molecule has 1 N–H and O–H groups in total. The van der Waals surface area contributed by atoms with Crippen molar-refractivity contribution in [1.29, 1.82) is 0 Å². The van der Waals surface area contributed by atoms with E-state index < -0.39 is 16.1 Å². The van der Waals surface area contributed by atoms with Crippen LogP contribution in [0.1, 0.15) is 31.0 Å². The molecule has 1 heterocycles. The molecule has 0 amide bonds. The second kappa shape index (κ2) is 7.17. The first-order valence-electron chi connectivity index (χ1n) is 8.40. The van der Waals surface area contributed by atoms with Gasteiger partial charge >= 0.3 is 0 Å². The summed E-state index contributed by atoms with van der Waals surface area (Å²) >= 11 is 0. The van der Waals surface area contributed by atoms with E-state index >= 15 is 0 Å². The standard InChI is InChI=1S/C20H21NO5S/c1-12-8-10-15(11-9-12)27(23,24)21-19-16-6-5-7-17(25-4)20(16)26-14(3)18(19)13(2)22/h5-11,19,21H,1-4H3. The minimum absolute atomic E-state index is 0.129. The number of ketones is 1. The van der Waals surface area contributed by atoms with Crippen molar-refractivity contribution in [2.75, 3.05) is 7.11 Å². The third-order valence-corrected chi connectivity index (χ3v) is 5.89. The number of carbonyl (C=O) groups is 1. The molecule has 0 aromatic heterocycles. The summed E-state index contributed by atoms with van der Waals surface area (Å²) < 4.78 is 39.6. The van der Waals surface area contributed by atoms with Crippen LogP contribution in [-0.4, -0.2) is 21.3 Å². The molecule has 0 radical (unpaired) electrons. The van der Waals surface area contributed by atoms with Crippen molar-refractivity contribution in [1.82, 2.24) is 4.72 Å². The molecule has 1 aliphatic heterocycles. The zero-order valence-corrected chi connectivity index (χ0v) is 16.4. The maximum absolute atomic E-state index is 12.9. The van der Waals surface area contributed by atoms with Crippen LogP contribution in [-0.2, 0) is 14.8 Å². The van der Waals surface area contributed by atoms with E-state index in [1.54, 1.807) is 37.3 Å². The molecule has 2 aromatic rings. The number of benzene rings is 2. The zero-order valence-electron chi connectivity index (χ0n) is 15.6. The Bertz CT molecular complexity index is 1020. The molecule has 1 unspecified atom stereocenters. The van der Waals surface area contributed by atoms with Crippen LogP contribution in [0.3, 0.4) is 0 Å². The van der Waals surface area contributed by atoms with E-state index in [0.717, 1.165) is 5.56 Å². The van der Waals surface area contributed by atoms with E-state index in [1.807, 2.05) is 6.92 Å². The first kappa shape index (κ1) is 19.1. The number of nitrogens with one attached hydrogen (secondary N) is 1. The summed E-state index contributed by atoms with van der Waals surface area (Å²) in [6.45, 7) is 4.91. The van der Waals surface area contributed by atoms with E-state index in [4.69, 9.17) is 9.47 Å². The fourth-order valence-electron chi connectivity index (χ4n) is 3.11. The third kappa shape index (κ3) is 3.61. The van der Waals surface area contributed by atoms with Gasteiger partial charge < -0.3 is 9.47 Å². The van der Waals surface area contributed by atoms with Crippen LogP contribution in [0.5, 0.6) is 11.5 Å². The Balaban J connectivity index is 2.12. The largest absolute Gasteiger partial charge is 0.493 e. The summed E-state index contributed by atoms with van der Waals surface area (Å²) in [5, 5.41) is 0. The second-order valence-electron chi connectivity index (χ2n) is 6.37. The number of hydrogen-bond acceptors (Lipinski definition) is 5. The quantitative estimate of drug-likeness (QED) is 0.851. The molecule has 0 fully saturated rings. The number of Topliss-reactive ketones (excluding diaryl/α,β-unsaturated/α-hetero) is 1. The molecule has 27 heavy (non-hydrogen) atoms. The van der Waals surface area contributed by atoms with Crippen LogP contribution in [0.25, 0.3) is 0 Å². The summed E-state index contributed by atoms with van der Waals surface area (Å²) in [4.78, 5) is 12.4. The van der Waals surface area contributed by atoms with Crippen LogP contribution in [0.15, 0.2) is 58.7 Å². The fourth-order valence-corrected chi connectivity index (χ4v) is 4.30. The van der Waals surface area contributed by atoms with Gasteiger partial charge in [0.15, 0.2) is 17.3 Å². The number of carbonyl (C=O) groups excluding carboxylic acids is 1. The highest BCUT2D eigenvalue weighted by molar-refractivity contribution is 7.89. The van der Waals surface area contributed by atoms with Crippen molar-refractivity contribution < 1.29 is 22.7 Å². The number of allylic oxidation sites excluding steroid dienone is 1. The predicted octanol–water partition coefficient (Wildman–Crippen LogP) is 3.28. The highest BCUT2D eigenvalue weighted by atomic mass is 32.2. The van der Waals surface area contributed by atoms with Crippen LogP contribution >= 0.6 is 0 Å². The number of para-hydroxylation sites is 1. The molecule has 0 bridgehead atoms. The Morgan fingerprint density at radius 3 is 2.37 bits per heavy atom. The van der Waals surface area contributed by atoms with E-state index in [2.05, 4.69) is 4.72 Å². The van der Waals surface area contributed by atoms with Crippen molar-refractivity contribution in [3.05, 3.63) is 64.9 Å². The Kier molecular flexibility index (Phi) is 5.08. The molecule has 6 nitrogen and oxygen atoms in total. The lowest BCUT2D eigenvalue weighted by Crippen LogP contribution is -2.34. The number of sulfonamides is 1. The Hall–Kier alpha value is -2.64. The maximum Gasteiger partial charge on any atom is 0.241 e. The van der Waals surface area contributed by atoms with Crippen molar-refractivity contribution >= 4 is 15.8 Å². The molecule has 0 saturated heterocycles. The topological polar surface area (TPSA) is 81.7 Å². The summed E-state index contributed by atoms with van der Waals surface area (Å²) in [5.41, 5.74) is 1.75. The van der Waals surface area contributed by atoms with Crippen molar-refractivity contribution in [2.24, 2.45) is 0 Å². The number of ether oxygens (including phenoxy) is 2. The SMILES string of the molecule is COc1cccc2c1OC(C)=C(C(C)=O)C2NS(=O)(=O)c1ccc(C)cc1. The Morgan fingerprint density at radius 2 is 1.78 bits per heavy atom. The van der Waals surface area contributed by atoms with E-state index in [1.165, 1.54) is 26.2 Å². The zero-order chi connectivity index (χ0) is 19.8. The minimum atomic E-state index is -3.86. The molecule has 0 aliphatic carbocycles. The van der Waals surface area contributed by atoms with Crippen LogP contribution in [0.4, 0.5) is 0 Å². The first-order chi connectivity index (χ1) is 12.7. The number of aryl methyl sites for hydroxylation is 1.